The number of amides is 1. The second kappa shape index (κ2) is 13.5. The third kappa shape index (κ3) is 7.44. The molecule has 2 heterocycles. The van der Waals surface area contributed by atoms with Crippen LogP contribution in [0.1, 0.15) is 50.2 Å². The highest BCUT2D eigenvalue weighted by molar-refractivity contribution is 5.81. The van der Waals surface area contributed by atoms with E-state index in [-0.39, 0.29) is 24.0 Å². The van der Waals surface area contributed by atoms with E-state index in [1.165, 1.54) is 5.56 Å². The molecule has 0 spiro atoms. The van der Waals surface area contributed by atoms with Crippen LogP contribution in [0.4, 0.5) is 5.69 Å². The zero-order valence-electron chi connectivity index (χ0n) is 24.1. The Labute approximate surface area is 233 Å². The standard InChI is InChI=1S/C31H45N3O5/c1-31(2,30(35)32-3)19-24-18-26(23-8-10-25(37-5)11-9-23)29(20-33-24)39-21-22-7-12-28-27(17-22)34(14-16-38-28)13-6-15-36-4/h7-12,17,24,26,29,33H,6,13-16,18-21H2,1-5H3,(H,32,35)/t24-,26+,29-/m0/s1. The van der Waals surface area contributed by atoms with E-state index in [0.717, 1.165) is 68.3 Å². The lowest BCUT2D eigenvalue weighted by molar-refractivity contribution is -0.129. The van der Waals surface area contributed by atoms with Crippen LogP contribution in [0, 0.1) is 5.41 Å². The van der Waals surface area contributed by atoms with E-state index in [1.807, 2.05) is 26.0 Å². The summed E-state index contributed by atoms with van der Waals surface area (Å²) in [6, 6.07) is 14.9. The molecule has 0 bridgehead atoms. The molecule has 214 valence electrons. The molecule has 0 radical (unpaired) electrons. The molecule has 8 heteroatoms. The number of piperidine rings is 1. The molecule has 8 nitrogen and oxygen atoms in total. The van der Waals surface area contributed by atoms with Crippen LogP contribution in [-0.2, 0) is 20.9 Å². The second-order valence-corrected chi connectivity index (χ2v) is 11.2. The first-order chi connectivity index (χ1) is 18.8. The Hall–Kier alpha value is -2.81. The first kappa shape index (κ1) is 29.2. The van der Waals surface area contributed by atoms with Crippen LogP contribution >= 0.6 is 0 Å². The molecule has 0 aromatic heterocycles. The molecule has 39 heavy (non-hydrogen) atoms. The van der Waals surface area contributed by atoms with Gasteiger partial charge in [-0.2, -0.15) is 0 Å². The summed E-state index contributed by atoms with van der Waals surface area (Å²) in [5.41, 5.74) is 3.04. The monoisotopic (exact) mass is 539 g/mol. The highest BCUT2D eigenvalue weighted by Gasteiger charge is 2.37. The lowest BCUT2D eigenvalue weighted by Gasteiger charge is -2.40. The molecule has 2 aromatic rings. The number of methoxy groups -OCH3 is 2. The summed E-state index contributed by atoms with van der Waals surface area (Å²) in [7, 11) is 5.13. The van der Waals surface area contributed by atoms with Crippen molar-refractivity contribution >= 4 is 11.6 Å². The van der Waals surface area contributed by atoms with Gasteiger partial charge in [0.15, 0.2) is 0 Å². The summed E-state index contributed by atoms with van der Waals surface area (Å²) in [5, 5.41) is 6.49. The molecule has 3 atom stereocenters. The van der Waals surface area contributed by atoms with Crippen molar-refractivity contribution in [3.8, 4) is 11.5 Å². The van der Waals surface area contributed by atoms with Crippen LogP contribution in [0.3, 0.4) is 0 Å². The van der Waals surface area contributed by atoms with Crippen LogP contribution in [0.5, 0.6) is 11.5 Å². The molecule has 1 fully saturated rings. The second-order valence-electron chi connectivity index (χ2n) is 11.2. The summed E-state index contributed by atoms with van der Waals surface area (Å²) in [5.74, 6) is 2.04. The average Bonchev–Trinajstić information content (AvgIpc) is 2.96. The van der Waals surface area contributed by atoms with Crippen LogP contribution in [0.25, 0.3) is 0 Å². The smallest absolute Gasteiger partial charge is 0.225 e. The first-order valence-corrected chi connectivity index (χ1v) is 14.1. The van der Waals surface area contributed by atoms with Crippen molar-refractivity contribution in [2.75, 3.05) is 59.0 Å². The number of fused-ring (bicyclic) bond motifs is 1. The number of anilines is 1. The topological polar surface area (TPSA) is 81.3 Å². The van der Waals surface area contributed by atoms with Crippen molar-refractivity contribution in [3.05, 3.63) is 53.6 Å². The first-order valence-electron chi connectivity index (χ1n) is 14.1. The Kier molecular flexibility index (Phi) is 10.1. The van der Waals surface area contributed by atoms with Crippen molar-refractivity contribution in [1.29, 1.82) is 0 Å². The van der Waals surface area contributed by atoms with Crippen molar-refractivity contribution < 1.29 is 23.7 Å². The number of benzene rings is 2. The maximum absolute atomic E-state index is 12.5. The minimum absolute atomic E-state index is 0.00264. The highest BCUT2D eigenvalue weighted by atomic mass is 16.5. The van der Waals surface area contributed by atoms with E-state index >= 15 is 0 Å². The summed E-state index contributed by atoms with van der Waals surface area (Å²) >= 11 is 0. The van der Waals surface area contributed by atoms with Crippen molar-refractivity contribution in [3.63, 3.8) is 0 Å². The maximum Gasteiger partial charge on any atom is 0.225 e. The Morgan fingerprint density at radius 1 is 1.18 bits per heavy atom. The number of carbonyl (C=O) groups is 1. The van der Waals surface area contributed by atoms with E-state index in [4.69, 9.17) is 18.9 Å². The fourth-order valence-corrected chi connectivity index (χ4v) is 5.79. The zero-order valence-corrected chi connectivity index (χ0v) is 24.1. The van der Waals surface area contributed by atoms with E-state index in [2.05, 4.69) is 45.9 Å². The molecule has 2 N–H and O–H groups in total. The van der Waals surface area contributed by atoms with Gasteiger partial charge in [-0.15, -0.1) is 0 Å². The van der Waals surface area contributed by atoms with Gasteiger partial charge < -0.3 is 34.5 Å². The number of rotatable bonds is 12. The number of hydrogen-bond acceptors (Lipinski definition) is 7. The molecule has 2 aliphatic heterocycles. The molecule has 0 unspecified atom stereocenters. The fraction of sp³-hybridized carbons (Fsp3) is 0.581. The third-order valence-electron chi connectivity index (χ3n) is 7.96. The van der Waals surface area contributed by atoms with Gasteiger partial charge in [0, 0.05) is 51.2 Å². The molecular formula is C31H45N3O5. The van der Waals surface area contributed by atoms with Gasteiger partial charge in [0.1, 0.15) is 18.1 Å². The van der Waals surface area contributed by atoms with Gasteiger partial charge in [0.05, 0.1) is 32.1 Å². The number of nitrogens with zero attached hydrogens (tertiary/aromatic N) is 1. The van der Waals surface area contributed by atoms with Gasteiger partial charge in [0.2, 0.25) is 5.91 Å². The predicted molar refractivity (Wildman–Crippen MR) is 154 cm³/mol. The van der Waals surface area contributed by atoms with E-state index in [9.17, 15) is 4.79 Å². The number of carbonyl (C=O) groups excluding carboxylic acids is 1. The van der Waals surface area contributed by atoms with Crippen LogP contribution in [0.15, 0.2) is 42.5 Å². The van der Waals surface area contributed by atoms with Gasteiger partial charge in [-0.1, -0.05) is 32.0 Å². The summed E-state index contributed by atoms with van der Waals surface area (Å²) in [4.78, 5) is 14.8. The highest BCUT2D eigenvalue weighted by Crippen LogP contribution is 2.37. The average molecular weight is 540 g/mol. The SMILES string of the molecule is CNC(=O)C(C)(C)C[C@@H]1C[C@H](c2ccc(OC)cc2)[C@@H](OCc2ccc3c(c2)N(CCCOC)CCO3)CN1. The Balaban J connectivity index is 1.47. The van der Waals surface area contributed by atoms with E-state index in [1.54, 1.807) is 21.3 Å². The minimum atomic E-state index is -0.453. The largest absolute Gasteiger partial charge is 0.497 e. The Morgan fingerprint density at radius 3 is 2.69 bits per heavy atom. The normalized spacial score (nSPS) is 21.2. The Bertz CT molecular complexity index is 1070. The van der Waals surface area contributed by atoms with Gasteiger partial charge in [-0.25, -0.2) is 0 Å². The lowest BCUT2D eigenvalue weighted by atomic mass is 9.77. The molecule has 1 saturated heterocycles. The molecule has 2 aliphatic rings. The number of ether oxygens (including phenoxy) is 4. The quantitative estimate of drug-likeness (QED) is 0.393. The molecule has 2 aromatic carbocycles. The third-order valence-corrected chi connectivity index (χ3v) is 7.96. The number of hydrogen-bond donors (Lipinski definition) is 2. The molecule has 4 rings (SSSR count). The summed E-state index contributed by atoms with van der Waals surface area (Å²) < 4.78 is 23.2. The van der Waals surface area contributed by atoms with Crippen LogP contribution in [0.2, 0.25) is 0 Å². The molecule has 0 aliphatic carbocycles. The number of nitrogens with one attached hydrogen (secondary N) is 2. The summed E-state index contributed by atoms with van der Waals surface area (Å²) in [6.07, 6.45) is 2.63. The summed E-state index contributed by atoms with van der Waals surface area (Å²) in [6.45, 7) is 8.53. The van der Waals surface area contributed by atoms with E-state index in [0.29, 0.717) is 13.2 Å². The zero-order chi connectivity index (χ0) is 27.8. The fourth-order valence-electron chi connectivity index (χ4n) is 5.79. The van der Waals surface area contributed by atoms with Gasteiger partial charge >= 0.3 is 0 Å². The predicted octanol–water partition coefficient (Wildman–Crippen LogP) is 4.12. The van der Waals surface area contributed by atoms with Crippen LogP contribution < -0.4 is 25.0 Å². The minimum Gasteiger partial charge on any atom is -0.497 e. The van der Waals surface area contributed by atoms with Gasteiger partial charge in [-0.3, -0.25) is 4.79 Å². The molecular weight excluding hydrogens is 494 g/mol. The van der Waals surface area contributed by atoms with Crippen molar-refractivity contribution in [1.82, 2.24) is 10.6 Å². The van der Waals surface area contributed by atoms with Crippen molar-refractivity contribution in [2.45, 2.75) is 57.8 Å². The maximum atomic E-state index is 12.5. The molecule has 1 amide bonds. The van der Waals surface area contributed by atoms with Gasteiger partial charge in [-0.05, 0) is 54.7 Å². The molecule has 0 saturated carbocycles. The van der Waals surface area contributed by atoms with Crippen LogP contribution in [-0.4, -0.2) is 72.2 Å². The Morgan fingerprint density at radius 2 is 1.97 bits per heavy atom. The van der Waals surface area contributed by atoms with Crippen molar-refractivity contribution in [2.24, 2.45) is 5.41 Å². The van der Waals surface area contributed by atoms with E-state index < -0.39 is 5.41 Å². The lowest BCUT2D eigenvalue weighted by Crippen LogP contribution is -2.50. The van der Waals surface area contributed by atoms with Gasteiger partial charge in [0.25, 0.3) is 0 Å².